The number of carboxylic acids is 1. The molecule has 0 fully saturated rings. The second kappa shape index (κ2) is 5.77. The van der Waals surface area contributed by atoms with E-state index in [0.717, 1.165) is 0 Å². The van der Waals surface area contributed by atoms with Crippen LogP contribution in [0.5, 0.6) is 0 Å². The minimum absolute atomic E-state index is 0.225. The van der Waals surface area contributed by atoms with Gasteiger partial charge in [0.2, 0.25) is 6.61 Å². The summed E-state index contributed by atoms with van der Waals surface area (Å²) in [4.78, 5) is 35.1. The summed E-state index contributed by atoms with van der Waals surface area (Å²) in [5.41, 5.74) is 6.79. The van der Waals surface area contributed by atoms with Gasteiger partial charge in [0.15, 0.2) is 11.4 Å². The van der Waals surface area contributed by atoms with E-state index in [4.69, 9.17) is 20.9 Å². The fraction of sp³-hybridized carbons (Fsp3) is 0.0667. The van der Waals surface area contributed by atoms with Crippen LogP contribution in [0.2, 0.25) is 0 Å². The molecular formula is C15H9N5O4. The summed E-state index contributed by atoms with van der Waals surface area (Å²) < 4.78 is 0. The first-order chi connectivity index (χ1) is 11.5. The fourth-order valence-electron chi connectivity index (χ4n) is 2.31. The maximum Gasteiger partial charge on any atom is 0.344 e. The number of primary amides is 1. The zero-order valence-corrected chi connectivity index (χ0v) is 12.1. The summed E-state index contributed by atoms with van der Waals surface area (Å²) in [7, 11) is 0. The van der Waals surface area contributed by atoms with Gasteiger partial charge in [0.1, 0.15) is 23.2 Å². The number of aliphatic carboxylic acids is 1. The summed E-state index contributed by atoms with van der Waals surface area (Å²) in [6, 6.07) is 8.72. The Bertz CT molecular complexity index is 945. The maximum absolute atomic E-state index is 11.5. The van der Waals surface area contributed by atoms with Crippen LogP contribution in [0.4, 0.5) is 0 Å². The van der Waals surface area contributed by atoms with Crippen molar-refractivity contribution >= 4 is 17.6 Å². The van der Waals surface area contributed by atoms with Gasteiger partial charge in [-0.05, 0) is 0 Å². The van der Waals surface area contributed by atoms with Crippen molar-refractivity contribution in [1.82, 2.24) is 9.97 Å². The van der Waals surface area contributed by atoms with Crippen LogP contribution in [0.3, 0.4) is 0 Å². The Morgan fingerprint density at radius 2 is 1.96 bits per heavy atom. The second-order valence-corrected chi connectivity index (χ2v) is 4.75. The van der Waals surface area contributed by atoms with Crippen molar-refractivity contribution in [3.63, 3.8) is 0 Å². The van der Waals surface area contributed by atoms with E-state index in [-0.39, 0.29) is 22.8 Å². The highest BCUT2D eigenvalue weighted by atomic mass is 16.6. The lowest BCUT2D eigenvalue weighted by molar-refractivity contribution is -0.142. The number of nitriles is 1. The second-order valence-electron chi connectivity index (χ2n) is 4.75. The number of nitrogens with two attached hydrogens (primary N) is 1. The largest absolute Gasteiger partial charge is 0.479 e. The molecule has 3 N–H and O–H groups in total. The quantitative estimate of drug-likeness (QED) is 0.654. The van der Waals surface area contributed by atoms with Crippen molar-refractivity contribution < 1.29 is 19.5 Å². The monoisotopic (exact) mass is 323 g/mol. The van der Waals surface area contributed by atoms with Crippen molar-refractivity contribution in [2.24, 2.45) is 10.9 Å². The number of aromatic nitrogens is 2. The van der Waals surface area contributed by atoms with Gasteiger partial charge >= 0.3 is 5.97 Å². The molecule has 9 heteroatoms. The first kappa shape index (κ1) is 15.1. The average molecular weight is 323 g/mol. The van der Waals surface area contributed by atoms with Gasteiger partial charge in [-0.15, -0.1) is 0 Å². The van der Waals surface area contributed by atoms with Crippen LogP contribution in [0.15, 0.2) is 29.4 Å². The first-order valence-corrected chi connectivity index (χ1v) is 6.66. The van der Waals surface area contributed by atoms with Gasteiger partial charge in [0, 0.05) is 11.1 Å². The molecule has 1 aliphatic carbocycles. The third-order valence-electron chi connectivity index (χ3n) is 3.24. The Morgan fingerprint density at radius 1 is 1.25 bits per heavy atom. The topological polar surface area (TPSA) is 152 Å². The number of hydrogen-bond acceptors (Lipinski definition) is 7. The van der Waals surface area contributed by atoms with Crippen molar-refractivity contribution in [2.75, 3.05) is 6.61 Å². The minimum Gasteiger partial charge on any atom is -0.479 e. The summed E-state index contributed by atoms with van der Waals surface area (Å²) in [6.45, 7) is -0.626. The molecule has 1 heterocycles. The summed E-state index contributed by atoms with van der Waals surface area (Å²) in [5.74, 6) is -2.05. The van der Waals surface area contributed by atoms with E-state index >= 15 is 0 Å². The van der Waals surface area contributed by atoms with E-state index in [9.17, 15) is 9.59 Å². The highest BCUT2D eigenvalue weighted by molar-refractivity contribution is 6.22. The lowest BCUT2D eigenvalue weighted by atomic mass is 10.1. The lowest BCUT2D eigenvalue weighted by Gasteiger charge is -2.03. The number of oxime groups is 1. The third-order valence-corrected chi connectivity index (χ3v) is 3.24. The molecule has 0 saturated heterocycles. The van der Waals surface area contributed by atoms with Crippen LogP contribution in [0.1, 0.15) is 27.4 Å². The predicted molar refractivity (Wildman–Crippen MR) is 79.9 cm³/mol. The molecule has 24 heavy (non-hydrogen) atoms. The lowest BCUT2D eigenvalue weighted by Crippen LogP contribution is -2.18. The van der Waals surface area contributed by atoms with Crippen LogP contribution >= 0.6 is 0 Å². The van der Waals surface area contributed by atoms with Crippen molar-refractivity contribution in [3.05, 3.63) is 46.9 Å². The standard InChI is InChI=1S/C15H9N5O4/c16-5-9-13(15(17)23)19-11-7-3-1-2-4-8(7)12(14(11)18-9)20-24-6-10(21)22/h1-4H,6H2,(H2,17,23)(H,21,22)/b20-12+. The SMILES string of the molecule is N#Cc1nc2c(nc1C(N)=O)-c1ccccc1/C2=N\OCC(=O)O. The maximum atomic E-state index is 11.5. The zero-order valence-electron chi connectivity index (χ0n) is 12.1. The van der Waals surface area contributed by atoms with Gasteiger partial charge in [-0.3, -0.25) is 4.79 Å². The molecule has 1 aromatic heterocycles. The van der Waals surface area contributed by atoms with Crippen molar-refractivity contribution in [1.29, 1.82) is 5.26 Å². The zero-order chi connectivity index (χ0) is 17.3. The molecular weight excluding hydrogens is 314 g/mol. The number of carbonyl (C=O) groups is 2. The molecule has 2 aromatic rings. The molecule has 0 atom stereocenters. The predicted octanol–water partition coefficient (Wildman–Crippen LogP) is 0.281. The summed E-state index contributed by atoms with van der Waals surface area (Å²) in [5, 5.41) is 21.6. The van der Waals surface area contributed by atoms with Gasteiger partial charge < -0.3 is 15.7 Å². The Balaban J connectivity index is 2.21. The summed E-state index contributed by atoms with van der Waals surface area (Å²) in [6.07, 6.45) is 0. The molecule has 1 aromatic carbocycles. The van der Waals surface area contributed by atoms with E-state index in [2.05, 4.69) is 15.1 Å². The summed E-state index contributed by atoms with van der Waals surface area (Å²) >= 11 is 0. The van der Waals surface area contributed by atoms with Crippen molar-refractivity contribution in [3.8, 4) is 17.3 Å². The van der Waals surface area contributed by atoms with Crippen molar-refractivity contribution in [2.45, 2.75) is 0 Å². The number of amides is 1. The average Bonchev–Trinajstić information content (AvgIpc) is 2.87. The Kier molecular flexibility index (Phi) is 3.63. The number of nitrogens with zero attached hydrogens (tertiary/aromatic N) is 4. The Labute approximate surface area is 135 Å². The Morgan fingerprint density at radius 3 is 2.58 bits per heavy atom. The van der Waals surface area contributed by atoms with Gasteiger partial charge in [0.05, 0.1) is 0 Å². The molecule has 0 saturated carbocycles. The number of benzene rings is 1. The molecule has 0 bridgehead atoms. The Hall–Kier alpha value is -3.80. The van der Waals surface area contributed by atoms with E-state index in [1.54, 1.807) is 30.3 Å². The molecule has 9 nitrogen and oxygen atoms in total. The number of rotatable bonds is 4. The van der Waals surface area contributed by atoms with Gasteiger partial charge in [-0.2, -0.15) is 5.26 Å². The minimum atomic E-state index is -1.18. The van der Waals surface area contributed by atoms with E-state index in [0.29, 0.717) is 16.8 Å². The number of carboxylic acid groups (broad SMARTS) is 1. The normalized spacial score (nSPS) is 13.0. The molecule has 3 rings (SSSR count). The van der Waals surface area contributed by atoms with E-state index < -0.39 is 18.5 Å². The smallest absolute Gasteiger partial charge is 0.344 e. The molecule has 0 radical (unpaired) electrons. The molecule has 118 valence electrons. The third kappa shape index (κ3) is 2.42. The molecule has 0 aliphatic heterocycles. The molecule has 1 aliphatic rings. The van der Waals surface area contributed by atoms with E-state index in [1.165, 1.54) is 0 Å². The van der Waals surface area contributed by atoms with Gasteiger partial charge in [-0.25, -0.2) is 14.8 Å². The fourth-order valence-corrected chi connectivity index (χ4v) is 2.31. The highest BCUT2D eigenvalue weighted by Crippen LogP contribution is 2.35. The highest BCUT2D eigenvalue weighted by Gasteiger charge is 2.31. The van der Waals surface area contributed by atoms with Crippen LogP contribution in [-0.4, -0.2) is 39.3 Å². The molecule has 0 unspecified atom stereocenters. The van der Waals surface area contributed by atoms with Crippen LogP contribution in [0.25, 0.3) is 11.3 Å². The van der Waals surface area contributed by atoms with Crippen LogP contribution in [0, 0.1) is 11.3 Å². The van der Waals surface area contributed by atoms with Crippen LogP contribution in [-0.2, 0) is 9.63 Å². The molecule has 1 amide bonds. The first-order valence-electron chi connectivity index (χ1n) is 6.66. The van der Waals surface area contributed by atoms with Gasteiger partial charge in [0.25, 0.3) is 5.91 Å². The number of carbonyl (C=O) groups excluding carboxylic acids is 1. The van der Waals surface area contributed by atoms with Gasteiger partial charge in [-0.1, -0.05) is 29.4 Å². The van der Waals surface area contributed by atoms with Crippen LogP contribution < -0.4 is 5.73 Å². The van der Waals surface area contributed by atoms with E-state index in [1.807, 2.05) is 0 Å². The number of fused-ring (bicyclic) bond motifs is 3. The number of hydrogen-bond donors (Lipinski definition) is 2. The molecule has 0 spiro atoms.